The summed E-state index contributed by atoms with van der Waals surface area (Å²) in [5.41, 5.74) is 0. The molecule has 2 rings (SSSR count). The van der Waals surface area contributed by atoms with Gasteiger partial charge in [0.05, 0.1) is 19.3 Å². The number of nitrogens with one attached hydrogen (secondary N) is 1. The van der Waals surface area contributed by atoms with E-state index >= 15 is 0 Å². The van der Waals surface area contributed by atoms with Gasteiger partial charge in [0.1, 0.15) is 0 Å². The van der Waals surface area contributed by atoms with Gasteiger partial charge in [0.25, 0.3) is 0 Å². The SMILES string of the molecule is CCOc1nc(NC)nc(N2CCOC(C)C2)n1. The molecule has 0 aliphatic carbocycles. The molecule has 1 N–H and O–H groups in total. The van der Waals surface area contributed by atoms with Crippen LogP contribution in [0.4, 0.5) is 11.9 Å². The summed E-state index contributed by atoms with van der Waals surface area (Å²) in [5.74, 6) is 1.15. The minimum Gasteiger partial charge on any atom is -0.464 e. The molecule has 1 fully saturated rings. The fraction of sp³-hybridized carbons (Fsp3) is 0.727. The maximum atomic E-state index is 5.50. The summed E-state index contributed by atoms with van der Waals surface area (Å²) in [6.07, 6.45) is 0.184. The molecule has 1 unspecified atom stereocenters. The fourth-order valence-electron chi connectivity index (χ4n) is 1.79. The predicted octanol–water partition coefficient (Wildman–Crippen LogP) is 0.537. The Kier molecular flexibility index (Phi) is 4.14. The molecule has 0 amide bonds. The van der Waals surface area contributed by atoms with Crippen molar-refractivity contribution < 1.29 is 9.47 Å². The van der Waals surface area contributed by atoms with E-state index in [1.165, 1.54) is 0 Å². The summed E-state index contributed by atoms with van der Waals surface area (Å²) in [6.45, 7) is 6.72. The van der Waals surface area contributed by atoms with Gasteiger partial charge in [-0.05, 0) is 13.8 Å². The van der Waals surface area contributed by atoms with Crippen molar-refractivity contribution in [3.8, 4) is 6.01 Å². The Labute approximate surface area is 107 Å². The highest BCUT2D eigenvalue weighted by molar-refractivity contribution is 5.38. The van der Waals surface area contributed by atoms with Crippen molar-refractivity contribution in [2.45, 2.75) is 20.0 Å². The Morgan fingerprint density at radius 2 is 2.28 bits per heavy atom. The van der Waals surface area contributed by atoms with Gasteiger partial charge in [0, 0.05) is 20.1 Å². The minimum atomic E-state index is 0.184. The first-order valence-corrected chi connectivity index (χ1v) is 6.16. The lowest BCUT2D eigenvalue weighted by atomic mass is 10.3. The van der Waals surface area contributed by atoms with Gasteiger partial charge in [-0.25, -0.2) is 0 Å². The highest BCUT2D eigenvalue weighted by atomic mass is 16.5. The van der Waals surface area contributed by atoms with Gasteiger partial charge in [0.15, 0.2) is 0 Å². The lowest BCUT2D eigenvalue weighted by Crippen LogP contribution is -2.42. The van der Waals surface area contributed by atoms with E-state index in [1.807, 2.05) is 13.8 Å². The second-order valence-corrected chi connectivity index (χ2v) is 4.05. The van der Waals surface area contributed by atoms with Crippen LogP contribution in [0.1, 0.15) is 13.8 Å². The van der Waals surface area contributed by atoms with Crippen molar-refractivity contribution in [3.05, 3.63) is 0 Å². The third-order valence-corrected chi connectivity index (χ3v) is 2.62. The summed E-state index contributed by atoms with van der Waals surface area (Å²) in [4.78, 5) is 14.9. The van der Waals surface area contributed by atoms with Gasteiger partial charge in [0.2, 0.25) is 11.9 Å². The third-order valence-electron chi connectivity index (χ3n) is 2.62. The molecule has 2 heterocycles. The molecule has 1 aliphatic rings. The summed E-state index contributed by atoms with van der Waals surface area (Å²) < 4.78 is 10.9. The van der Waals surface area contributed by atoms with Crippen LogP contribution in [0.15, 0.2) is 0 Å². The number of rotatable bonds is 4. The Morgan fingerprint density at radius 3 is 2.94 bits per heavy atom. The van der Waals surface area contributed by atoms with E-state index in [2.05, 4.69) is 25.2 Å². The van der Waals surface area contributed by atoms with Gasteiger partial charge < -0.3 is 19.7 Å². The second kappa shape index (κ2) is 5.81. The number of hydrogen-bond donors (Lipinski definition) is 1. The maximum Gasteiger partial charge on any atom is 0.323 e. The second-order valence-electron chi connectivity index (χ2n) is 4.05. The molecule has 0 spiro atoms. The number of aromatic nitrogens is 3. The van der Waals surface area contributed by atoms with E-state index in [9.17, 15) is 0 Å². The van der Waals surface area contributed by atoms with Crippen molar-refractivity contribution in [2.75, 3.05) is 43.6 Å². The largest absolute Gasteiger partial charge is 0.464 e. The van der Waals surface area contributed by atoms with E-state index in [0.29, 0.717) is 31.1 Å². The van der Waals surface area contributed by atoms with E-state index in [-0.39, 0.29) is 6.10 Å². The van der Waals surface area contributed by atoms with Crippen LogP contribution in [0.3, 0.4) is 0 Å². The zero-order chi connectivity index (χ0) is 13.0. The van der Waals surface area contributed by atoms with Crippen molar-refractivity contribution >= 4 is 11.9 Å². The van der Waals surface area contributed by atoms with Crippen LogP contribution < -0.4 is 15.0 Å². The molecule has 1 aromatic rings. The molecule has 1 saturated heterocycles. The Balaban J connectivity index is 2.22. The average molecular weight is 253 g/mol. The van der Waals surface area contributed by atoms with Crippen LogP contribution in [-0.2, 0) is 4.74 Å². The van der Waals surface area contributed by atoms with E-state index in [4.69, 9.17) is 9.47 Å². The molecule has 7 nitrogen and oxygen atoms in total. The number of nitrogens with zero attached hydrogens (tertiary/aromatic N) is 4. The highest BCUT2D eigenvalue weighted by Gasteiger charge is 2.20. The normalized spacial score (nSPS) is 19.7. The first-order chi connectivity index (χ1) is 8.72. The molecule has 0 bridgehead atoms. The summed E-state index contributed by atoms with van der Waals surface area (Å²) in [7, 11) is 1.77. The highest BCUT2D eigenvalue weighted by Crippen LogP contribution is 2.17. The topological polar surface area (TPSA) is 72.4 Å². The number of morpholine rings is 1. The first-order valence-electron chi connectivity index (χ1n) is 6.16. The van der Waals surface area contributed by atoms with E-state index in [1.54, 1.807) is 7.05 Å². The van der Waals surface area contributed by atoms with Crippen molar-refractivity contribution in [3.63, 3.8) is 0 Å². The minimum absolute atomic E-state index is 0.184. The monoisotopic (exact) mass is 253 g/mol. The lowest BCUT2D eigenvalue weighted by Gasteiger charge is -2.31. The molecular formula is C11H19N5O2. The van der Waals surface area contributed by atoms with Gasteiger partial charge in [-0.2, -0.15) is 15.0 Å². The Hall–Kier alpha value is -1.63. The third kappa shape index (κ3) is 2.98. The molecular weight excluding hydrogens is 234 g/mol. The first kappa shape index (κ1) is 12.8. The molecule has 100 valence electrons. The maximum absolute atomic E-state index is 5.50. The molecule has 1 aromatic heterocycles. The van der Waals surface area contributed by atoms with E-state index in [0.717, 1.165) is 13.1 Å². The molecule has 18 heavy (non-hydrogen) atoms. The van der Waals surface area contributed by atoms with Crippen LogP contribution in [0.25, 0.3) is 0 Å². The molecule has 7 heteroatoms. The molecule has 0 saturated carbocycles. The zero-order valence-electron chi connectivity index (χ0n) is 11.0. The van der Waals surface area contributed by atoms with Gasteiger partial charge in [-0.1, -0.05) is 0 Å². The van der Waals surface area contributed by atoms with Crippen LogP contribution in [0.2, 0.25) is 0 Å². The summed E-state index contributed by atoms with van der Waals surface area (Å²) in [6, 6.07) is 0.353. The van der Waals surface area contributed by atoms with Crippen LogP contribution in [0.5, 0.6) is 6.01 Å². The Bertz CT molecular complexity index is 401. The van der Waals surface area contributed by atoms with Crippen molar-refractivity contribution in [2.24, 2.45) is 0 Å². The Morgan fingerprint density at radius 1 is 1.44 bits per heavy atom. The molecule has 0 aromatic carbocycles. The van der Waals surface area contributed by atoms with Gasteiger partial charge in [-0.3, -0.25) is 0 Å². The van der Waals surface area contributed by atoms with Crippen LogP contribution in [-0.4, -0.2) is 54.4 Å². The number of hydrogen-bond acceptors (Lipinski definition) is 7. The van der Waals surface area contributed by atoms with Crippen LogP contribution >= 0.6 is 0 Å². The van der Waals surface area contributed by atoms with E-state index < -0.39 is 0 Å². The van der Waals surface area contributed by atoms with Gasteiger partial charge >= 0.3 is 6.01 Å². The molecule has 0 radical (unpaired) electrons. The van der Waals surface area contributed by atoms with Crippen molar-refractivity contribution in [1.82, 2.24) is 15.0 Å². The van der Waals surface area contributed by atoms with Gasteiger partial charge in [-0.15, -0.1) is 0 Å². The fourth-order valence-corrected chi connectivity index (χ4v) is 1.79. The summed E-state index contributed by atoms with van der Waals surface area (Å²) >= 11 is 0. The number of ether oxygens (including phenoxy) is 2. The van der Waals surface area contributed by atoms with Crippen LogP contribution in [0, 0.1) is 0 Å². The smallest absolute Gasteiger partial charge is 0.323 e. The predicted molar refractivity (Wildman–Crippen MR) is 68.2 cm³/mol. The quantitative estimate of drug-likeness (QED) is 0.839. The zero-order valence-corrected chi connectivity index (χ0v) is 11.0. The molecule has 1 aliphatic heterocycles. The number of anilines is 2. The lowest BCUT2D eigenvalue weighted by molar-refractivity contribution is 0.0525. The van der Waals surface area contributed by atoms with Crippen molar-refractivity contribution in [1.29, 1.82) is 0 Å². The molecule has 1 atom stereocenters. The standard InChI is InChI=1S/C11H19N5O2/c1-4-17-11-14-9(12-3)13-10(15-11)16-5-6-18-8(2)7-16/h8H,4-7H2,1-3H3,(H,12,13,14,15). The average Bonchev–Trinajstić information content (AvgIpc) is 2.39. The summed E-state index contributed by atoms with van der Waals surface area (Å²) in [5, 5.41) is 2.92.